The molecule has 7 heteroatoms. The van der Waals surface area contributed by atoms with Gasteiger partial charge in [0.2, 0.25) is 11.5 Å². The number of benzene rings is 2. The summed E-state index contributed by atoms with van der Waals surface area (Å²) in [6.07, 6.45) is 1.47. The van der Waals surface area contributed by atoms with Crippen LogP contribution in [0.3, 0.4) is 0 Å². The number of carbonyl (C=O) groups excluding carboxylic acids is 1. The van der Waals surface area contributed by atoms with E-state index in [2.05, 4.69) is 15.9 Å². The van der Waals surface area contributed by atoms with Gasteiger partial charge in [-0.3, -0.25) is 14.9 Å². The second-order valence-electron chi connectivity index (χ2n) is 4.56. The minimum Gasteiger partial charge on any atom is -0.502 e. The van der Waals surface area contributed by atoms with E-state index in [1.807, 2.05) is 12.1 Å². The quantitative estimate of drug-likeness (QED) is 0.476. The number of nitro benzene ring substituents is 1. The number of nitrogens with zero attached hydrogens (tertiary/aromatic N) is 1. The number of allylic oxidation sites excluding steroid dienone is 1. The fourth-order valence-corrected chi connectivity index (χ4v) is 3.64. The summed E-state index contributed by atoms with van der Waals surface area (Å²) in [5.41, 5.74) is 0.418. The zero-order valence-corrected chi connectivity index (χ0v) is 13.3. The number of hydrogen-bond acceptors (Lipinski definition) is 5. The van der Waals surface area contributed by atoms with Crippen molar-refractivity contribution in [3.63, 3.8) is 0 Å². The van der Waals surface area contributed by atoms with E-state index < -0.39 is 16.4 Å². The number of thioether (sulfide) groups is 1. The molecule has 0 atom stereocenters. The molecule has 5 nitrogen and oxygen atoms in total. The van der Waals surface area contributed by atoms with E-state index in [4.69, 9.17) is 0 Å². The van der Waals surface area contributed by atoms with Crippen LogP contribution in [0, 0.1) is 10.1 Å². The van der Waals surface area contributed by atoms with Gasteiger partial charge in [0.1, 0.15) is 0 Å². The first kappa shape index (κ1) is 14.8. The molecular formula is C15H8BrNO4S. The summed E-state index contributed by atoms with van der Waals surface area (Å²) in [5.74, 6) is -0.604. The molecule has 3 rings (SSSR count). The van der Waals surface area contributed by atoms with Crippen molar-refractivity contribution in [2.45, 2.75) is 4.90 Å². The van der Waals surface area contributed by atoms with Crippen LogP contribution in [0.25, 0.3) is 6.08 Å². The normalized spacial score (nSPS) is 15.1. The third-order valence-corrected chi connectivity index (χ3v) is 4.70. The number of phenols is 1. The lowest BCUT2D eigenvalue weighted by Crippen LogP contribution is -1.95. The lowest BCUT2D eigenvalue weighted by atomic mass is 10.1. The summed E-state index contributed by atoms with van der Waals surface area (Å²) in [4.78, 5) is 23.8. The average molecular weight is 378 g/mol. The lowest BCUT2D eigenvalue weighted by molar-refractivity contribution is -0.385. The molecule has 0 aromatic heterocycles. The molecule has 0 aliphatic carbocycles. The largest absolute Gasteiger partial charge is 0.502 e. The van der Waals surface area contributed by atoms with Crippen molar-refractivity contribution >= 4 is 45.2 Å². The summed E-state index contributed by atoms with van der Waals surface area (Å²) < 4.78 is 0.455. The molecule has 1 N–H and O–H groups in total. The van der Waals surface area contributed by atoms with Crippen molar-refractivity contribution < 1.29 is 14.8 Å². The van der Waals surface area contributed by atoms with Crippen LogP contribution in [0.5, 0.6) is 5.75 Å². The molecule has 0 saturated heterocycles. The first-order valence-corrected chi connectivity index (χ1v) is 7.78. The molecule has 110 valence electrons. The van der Waals surface area contributed by atoms with E-state index in [-0.39, 0.29) is 11.3 Å². The van der Waals surface area contributed by atoms with Crippen molar-refractivity contribution in [3.8, 4) is 5.75 Å². The van der Waals surface area contributed by atoms with E-state index in [1.165, 1.54) is 30.0 Å². The van der Waals surface area contributed by atoms with Crippen LogP contribution in [0.15, 0.2) is 50.7 Å². The maximum absolute atomic E-state index is 12.3. The van der Waals surface area contributed by atoms with E-state index in [0.29, 0.717) is 14.9 Å². The lowest BCUT2D eigenvalue weighted by Gasteiger charge is -2.03. The van der Waals surface area contributed by atoms with E-state index in [1.54, 1.807) is 12.1 Å². The number of ketones is 1. The van der Waals surface area contributed by atoms with Crippen molar-refractivity contribution in [2.75, 3.05) is 0 Å². The maximum atomic E-state index is 12.3. The number of aromatic hydroxyl groups is 1. The molecule has 22 heavy (non-hydrogen) atoms. The summed E-state index contributed by atoms with van der Waals surface area (Å²) in [5, 5.41) is 21.0. The third-order valence-electron chi connectivity index (χ3n) is 3.14. The Balaban J connectivity index is 2.08. The van der Waals surface area contributed by atoms with Crippen LogP contribution in [-0.2, 0) is 0 Å². The number of phenolic OH excluding ortho intramolecular Hbond substituents is 1. The molecule has 1 aliphatic rings. The van der Waals surface area contributed by atoms with Gasteiger partial charge in [0, 0.05) is 26.6 Å². The third kappa shape index (κ3) is 2.53. The van der Waals surface area contributed by atoms with Gasteiger partial charge >= 0.3 is 5.69 Å². The van der Waals surface area contributed by atoms with E-state index in [0.717, 1.165) is 4.90 Å². The van der Waals surface area contributed by atoms with E-state index >= 15 is 0 Å². The fourth-order valence-electron chi connectivity index (χ4n) is 2.13. The second-order valence-corrected chi connectivity index (χ2v) is 6.56. The Bertz CT molecular complexity index is 847. The Hall–Kier alpha value is -2.12. The molecular weight excluding hydrogens is 370 g/mol. The number of hydrogen-bond donors (Lipinski definition) is 1. The van der Waals surface area contributed by atoms with Gasteiger partial charge in [-0.05, 0) is 24.3 Å². The molecule has 0 saturated carbocycles. The topological polar surface area (TPSA) is 80.4 Å². The number of rotatable bonds is 2. The van der Waals surface area contributed by atoms with Crippen LogP contribution in [0.2, 0.25) is 0 Å². The monoisotopic (exact) mass is 377 g/mol. The molecule has 1 aliphatic heterocycles. The van der Waals surface area contributed by atoms with Crippen LogP contribution in [-0.4, -0.2) is 15.8 Å². The van der Waals surface area contributed by atoms with Gasteiger partial charge in [0.15, 0.2) is 0 Å². The van der Waals surface area contributed by atoms with Crippen molar-refractivity contribution in [1.29, 1.82) is 0 Å². The molecule has 1 heterocycles. The minimum atomic E-state index is -0.666. The molecule has 0 radical (unpaired) electrons. The first-order valence-electron chi connectivity index (χ1n) is 6.17. The standard InChI is InChI=1S/C15H8BrNO4S/c16-9-5-8(14(18)11(7-9)17(20)21)6-13-15(19)10-3-1-2-4-12(10)22-13/h1-7,18H/b13-6-. The number of nitro groups is 1. The zero-order chi connectivity index (χ0) is 15.9. The van der Waals surface area contributed by atoms with Crippen LogP contribution in [0.4, 0.5) is 5.69 Å². The number of Topliss-reactive ketones (excluding diaryl/α,β-unsaturated/α-hetero) is 1. The van der Waals surface area contributed by atoms with Crippen LogP contribution in [0.1, 0.15) is 15.9 Å². The Morgan fingerprint density at radius 3 is 2.68 bits per heavy atom. The maximum Gasteiger partial charge on any atom is 0.312 e. The predicted octanol–water partition coefficient (Wildman–Crippen LogP) is 4.39. The van der Waals surface area contributed by atoms with Gasteiger partial charge < -0.3 is 5.11 Å². The summed E-state index contributed by atoms with van der Waals surface area (Å²) in [6, 6.07) is 9.93. The molecule has 2 aromatic carbocycles. The molecule has 0 spiro atoms. The molecule has 2 aromatic rings. The van der Waals surface area contributed by atoms with Gasteiger partial charge in [0.25, 0.3) is 0 Å². The predicted molar refractivity (Wildman–Crippen MR) is 87.1 cm³/mol. The van der Waals surface area contributed by atoms with Gasteiger partial charge in [0.05, 0.1) is 9.83 Å². The highest BCUT2D eigenvalue weighted by atomic mass is 79.9. The van der Waals surface area contributed by atoms with Crippen molar-refractivity contribution in [2.24, 2.45) is 0 Å². The molecule has 0 amide bonds. The minimum absolute atomic E-state index is 0.150. The highest BCUT2D eigenvalue weighted by Gasteiger charge is 2.26. The second kappa shape index (κ2) is 5.58. The van der Waals surface area contributed by atoms with Gasteiger partial charge in [-0.1, -0.05) is 39.8 Å². The summed E-state index contributed by atoms with van der Waals surface area (Å²) in [6.45, 7) is 0. The summed E-state index contributed by atoms with van der Waals surface area (Å²) in [7, 11) is 0. The Morgan fingerprint density at radius 1 is 1.27 bits per heavy atom. The van der Waals surface area contributed by atoms with E-state index in [9.17, 15) is 20.0 Å². The SMILES string of the molecule is O=C1/C(=C/c2cc(Br)cc([N+](=O)[O-])c2O)Sc2ccccc21. The molecule has 0 bridgehead atoms. The van der Waals surface area contributed by atoms with Crippen LogP contribution >= 0.6 is 27.7 Å². The fraction of sp³-hybridized carbons (Fsp3) is 0. The molecule has 0 unspecified atom stereocenters. The van der Waals surface area contributed by atoms with Crippen molar-refractivity contribution in [3.05, 3.63) is 67.0 Å². The number of fused-ring (bicyclic) bond motifs is 1. The van der Waals surface area contributed by atoms with Gasteiger partial charge in [-0.25, -0.2) is 0 Å². The number of halogens is 1. The zero-order valence-electron chi connectivity index (χ0n) is 10.9. The first-order chi connectivity index (χ1) is 10.5. The average Bonchev–Trinajstić information content (AvgIpc) is 2.79. The Kier molecular flexibility index (Phi) is 3.76. The summed E-state index contributed by atoms with van der Waals surface area (Å²) >= 11 is 4.45. The van der Waals surface area contributed by atoms with Gasteiger partial charge in [-0.15, -0.1) is 0 Å². The van der Waals surface area contributed by atoms with Crippen LogP contribution < -0.4 is 0 Å². The highest BCUT2D eigenvalue weighted by molar-refractivity contribution is 9.10. The Labute approximate surface area is 137 Å². The number of carbonyl (C=O) groups is 1. The highest BCUT2D eigenvalue weighted by Crippen LogP contribution is 2.42. The Morgan fingerprint density at radius 2 is 2.00 bits per heavy atom. The van der Waals surface area contributed by atoms with Gasteiger partial charge in [-0.2, -0.15) is 0 Å². The molecule has 0 fully saturated rings. The smallest absolute Gasteiger partial charge is 0.312 e. The van der Waals surface area contributed by atoms with Crippen molar-refractivity contribution in [1.82, 2.24) is 0 Å².